The third-order valence-corrected chi connectivity index (χ3v) is 4.15. The normalized spacial score (nSPS) is 18.0. The SMILES string of the molecule is O=C(CNCC1(O)CCCCCC1)Nc1ccc(Cl)cc1. The summed E-state index contributed by atoms with van der Waals surface area (Å²) in [5, 5.41) is 17.0. The summed E-state index contributed by atoms with van der Waals surface area (Å²) in [6, 6.07) is 7.00. The van der Waals surface area contributed by atoms with Crippen LogP contribution in [0, 0.1) is 0 Å². The number of halogens is 1. The summed E-state index contributed by atoms with van der Waals surface area (Å²) >= 11 is 5.79. The Hall–Kier alpha value is -1.10. The zero-order chi connectivity index (χ0) is 15.1. The summed E-state index contributed by atoms with van der Waals surface area (Å²) in [6.45, 7) is 0.673. The third-order valence-electron chi connectivity index (χ3n) is 3.90. The van der Waals surface area contributed by atoms with Crippen LogP contribution >= 0.6 is 11.6 Å². The van der Waals surface area contributed by atoms with Crippen LogP contribution < -0.4 is 10.6 Å². The molecule has 0 heterocycles. The van der Waals surface area contributed by atoms with Gasteiger partial charge in [0.05, 0.1) is 12.1 Å². The Morgan fingerprint density at radius 2 is 1.76 bits per heavy atom. The molecule has 1 aromatic rings. The molecule has 116 valence electrons. The fourth-order valence-electron chi connectivity index (χ4n) is 2.71. The fourth-order valence-corrected chi connectivity index (χ4v) is 2.84. The smallest absolute Gasteiger partial charge is 0.238 e. The molecule has 0 aliphatic heterocycles. The number of benzene rings is 1. The van der Waals surface area contributed by atoms with Gasteiger partial charge in [-0.25, -0.2) is 0 Å². The van der Waals surface area contributed by atoms with Gasteiger partial charge in [-0.15, -0.1) is 0 Å². The molecule has 1 amide bonds. The number of carbonyl (C=O) groups excluding carboxylic acids is 1. The molecule has 0 atom stereocenters. The summed E-state index contributed by atoms with van der Waals surface area (Å²) in [6.07, 6.45) is 6.15. The van der Waals surface area contributed by atoms with Crippen molar-refractivity contribution in [1.29, 1.82) is 0 Å². The van der Waals surface area contributed by atoms with Crippen LogP contribution in [0.15, 0.2) is 24.3 Å². The summed E-state index contributed by atoms with van der Waals surface area (Å²) in [5.74, 6) is -0.116. The Morgan fingerprint density at radius 3 is 2.38 bits per heavy atom. The van der Waals surface area contributed by atoms with E-state index < -0.39 is 5.60 Å². The summed E-state index contributed by atoms with van der Waals surface area (Å²) < 4.78 is 0. The summed E-state index contributed by atoms with van der Waals surface area (Å²) in [5.41, 5.74) is 0.0659. The highest BCUT2D eigenvalue weighted by atomic mass is 35.5. The van der Waals surface area contributed by atoms with Crippen molar-refractivity contribution in [2.75, 3.05) is 18.4 Å². The summed E-state index contributed by atoms with van der Waals surface area (Å²) in [7, 11) is 0. The van der Waals surface area contributed by atoms with Gasteiger partial charge in [-0.1, -0.05) is 37.3 Å². The second-order valence-electron chi connectivity index (χ2n) is 5.80. The number of aliphatic hydroxyl groups is 1. The average molecular weight is 311 g/mol. The van der Waals surface area contributed by atoms with Gasteiger partial charge in [0.15, 0.2) is 0 Å². The van der Waals surface area contributed by atoms with Gasteiger partial charge >= 0.3 is 0 Å². The van der Waals surface area contributed by atoms with E-state index in [2.05, 4.69) is 10.6 Å². The Balaban J connectivity index is 1.72. The van der Waals surface area contributed by atoms with Crippen molar-refractivity contribution < 1.29 is 9.90 Å². The van der Waals surface area contributed by atoms with Gasteiger partial charge in [0, 0.05) is 17.3 Å². The first-order valence-electron chi connectivity index (χ1n) is 7.56. The maximum Gasteiger partial charge on any atom is 0.238 e. The molecule has 0 saturated heterocycles. The van der Waals surface area contributed by atoms with Crippen LogP contribution in [-0.2, 0) is 4.79 Å². The van der Waals surface area contributed by atoms with Crippen molar-refractivity contribution in [3.05, 3.63) is 29.3 Å². The molecule has 21 heavy (non-hydrogen) atoms. The van der Waals surface area contributed by atoms with Crippen LogP contribution in [0.25, 0.3) is 0 Å². The van der Waals surface area contributed by atoms with Gasteiger partial charge in [0.25, 0.3) is 0 Å². The Kier molecular flexibility index (Phi) is 6.03. The van der Waals surface area contributed by atoms with Crippen LogP contribution in [0.3, 0.4) is 0 Å². The Morgan fingerprint density at radius 1 is 1.14 bits per heavy atom. The van der Waals surface area contributed by atoms with Crippen molar-refractivity contribution in [3.8, 4) is 0 Å². The lowest BCUT2D eigenvalue weighted by atomic mass is 9.94. The Bertz CT molecular complexity index is 454. The number of nitrogens with one attached hydrogen (secondary N) is 2. The molecule has 0 radical (unpaired) electrons. The standard InChI is InChI=1S/C16H23ClN2O2/c17-13-5-7-14(8-6-13)19-15(20)11-18-12-16(21)9-3-1-2-4-10-16/h5-8,18,21H,1-4,9-12H2,(H,19,20). The van der Waals surface area contributed by atoms with Crippen LogP contribution in [-0.4, -0.2) is 29.7 Å². The second-order valence-corrected chi connectivity index (χ2v) is 6.23. The van der Waals surface area contributed by atoms with E-state index in [1.165, 1.54) is 12.8 Å². The van der Waals surface area contributed by atoms with Gasteiger partial charge in [-0.3, -0.25) is 4.79 Å². The minimum absolute atomic E-state index is 0.116. The zero-order valence-corrected chi connectivity index (χ0v) is 13.0. The van der Waals surface area contributed by atoms with Crippen molar-refractivity contribution >= 4 is 23.2 Å². The van der Waals surface area contributed by atoms with Gasteiger partial charge in [-0.2, -0.15) is 0 Å². The van der Waals surface area contributed by atoms with Crippen LogP contribution in [0.1, 0.15) is 38.5 Å². The molecule has 1 saturated carbocycles. The second kappa shape index (κ2) is 7.78. The van der Waals surface area contributed by atoms with Crippen molar-refractivity contribution in [1.82, 2.24) is 5.32 Å². The first kappa shape index (κ1) is 16.3. The minimum Gasteiger partial charge on any atom is -0.389 e. The zero-order valence-electron chi connectivity index (χ0n) is 12.2. The molecule has 0 bridgehead atoms. The monoisotopic (exact) mass is 310 g/mol. The minimum atomic E-state index is -0.656. The highest BCUT2D eigenvalue weighted by Gasteiger charge is 2.27. The third kappa shape index (κ3) is 5.65. The molecule has 1 aromatic carbocycles. The molecule has 1 fully saturated rings. The first-order chi connectivity index (χ1) is 10.1. The largest absolute Gasteiger partial charge is 0.389 e. The topological polar surface area (TPSA) is 61.4 Å². The molecule has 2 rings (SSSR count). The lowest BCUT2D eigenvalue weighted by molar-refractivity contribution is -0.115. The van der Waals surface area contributed by atoms with Gasteiger partial charge in [-0.05, 0) is 37.1 Å². The molecule has 4 nitrogen and oxygen atoms in total. The van der Waals surface area contributed by atoms with Gasteiger partial charge < -0.3 is 15.7 Å². The lowest BCUT2D eigenvalue weighted by Gasteiger charge is -2.26. The van der Waals surface area contributed by atoms with E-state index in [0.717, 1.165) is 31.4 Å². The number of anilines is 1. The van der Waals surface area contributed by atoms with Gasteiger partial charge in [0.1, 0.15) is 0 Å². The molecule has 0 unspecified atom stereocenters. The quantitative estimate of drug-likeness (QED) is 0.733. The molecular formula is C16H23ClN2O2. The molecule has 0 spiro atoms. The summed E-state index contributed by atoms with van der Waals surface area (Å²) in [4.78, 5) is 11.8. The fraction of sp³-hybridized carbons (Fsp3) is 0.562. The van der Waals surface area contributed by atoms with Crippen LogP contribution in [0.5, 0.6) is 0 Å². The number of hydrogen-bond donors (Lipinski definition) is 3. The average Bonchev–Trinajstić information content (AvgIpc) is 2.66. The van der Waals surface area contributed by atoms with E-state index in [1.54, 1.807) is 24.3 Å². The Labute approximate surface area is 130 Å². The van der Waals surface area contributed by atoms with Gasteiger partial charge in [0.2, 0.25) is 5.91 Å². The van der Waals surface area contributed by atoms with E-state index in [-0.39, 0.29) is 12.5 Å². The first-order valence-corrected chi connectivity index (χ1v) is 7.94. The molecule has 3 N–H and O–H groups in total. The van der Waals surface area contributed by atoms with E-state index in [4.69, 9.17) is 11.6 Å². The highest BCUT2D eigenvalue weighted by Crippen LogP contribution is 2.26. The van der Waals surface area contributed by atoms with E-state index in [1.807, 2.05) is 0 Å². The van der Waals surface area contributed by atoms with E-state index in [9.17, 15) is 9.90 Å². The highest BCUT2D eigenvalue weighted by molar-refractivity contribution is 6.30. The predicted octanol–water partition coefficient (Wildman–Crippen LogP) is 2.95. The van der Waals surface area contributed by atoms with Crippen LogP contribution in [0.4, 0.5) is 5.69 Å². The van der Waals surface area contributed by atoms with Crippen molar-refractivity contribution in [2.45, 2.75) is 44.1 Å². The lowest BCUT2D eigenvalue weighted by Crippen LogP contribution is -2.42. The number of amides is 1. The number of rotatable bonds is 5. The van der Waals surface area contributed by atoms with Crippen LogP contribution in [0.2, 0.25) is 5.02 Å². The predicted molar refractivity (Wildman–Crippen MR) is 85.6 cm³/mol. The van der Waals surface area contributed by atoms with Crippen molar-refractivity contribution in [2.24, 2.45) is 0 Å². The molecule has 0 aromatic heterocycles. The molecule has 1 aliphatic carbocycles. The number of carbonyl (C=O) groups is 1. The molecule has 5 heteroatoms. The number of hydrogen-bond acceptors (Lipinski definition) is 3. The van der Waals surface area contributed by atoms with E-state index >= 15 is 0 Å². The maximum atomic E-state index is 11.8. The maximum absolute atomic E-state index is 11.8. The molecular weight excluding hydrogens is 288 g/mol. The van der Waals surface area contributed by atoms with E-state index in [0.29, 0.717) is 11.6 Å². The van der Waals surface area contributed by atoms with Crippen molar-refractivity contribution in [3.63, 3.8) is 0 Å². The molecule has 1 aliphatic rings.